The van der Waals surface area contributed by atoms with Gasteiger partial charge in [0.15, 0.2) is 5.82 Å². The van der Waals surface area contributed by atoms with Gasteiger partial charge >= 0.3 is 6.61 Å². The van der Waals surface area contributed by atoms with Gasteiger partial charge in [-0.15, -0.1) is 0 Å². The lowest BCUT2D eigenvalue weighted by atomic mass is 10.2. The van der Waals surface area contributed by atoms with Crippen LogP contribution in [0.15, 0.2) is 30.3 Å². The molecule has 7 heteroatoms. The zero-order chi connectivity index (χ0) is 13.8. The van der Waals surface area contributed by atoms with E-state index in [2.05, 4.69) is 20.3 Å². The Morgan fingerprint density at radius 1 is 1.37 bits per heavy atom. The lowest BCUT2D eigenvalue weighted by Crippen LogP contribution is -2.12. The van der Waals surface area contributed by atoms with Crippen LogP contribution < -0.4 is 10.1 Å². The molecule has 1 amide bonds. The molecule has 0 aliphatic carbocycles. The molecular weight excluding hydrogens is 256 g/mol. The fraction of sp³-hybridized carbons (Fsp3) is 0.167. The summed E-state index contributed by atoms with van der Waals surface area (Å²) < 4.78 is 28.1. The molecule has 0 aliphatic rings. The van der Waals surface area contributed by atoms with Gasteiger partial charge in [0.2, 0.25) is 0 Å². The van der Waals surface area contributed by atoms with Crippen molar-refractivity contribution in [3.63, 3.8) is 0 Å². The van der Waals surface area contributed by atoms with E-state index in [1.54, 1.807) is 13.0 Å². The number of amides is 1. The summed E-state index contributed by atoms with van der Waals surface area (Å²) in [4.78, 5) is 11.8. The Labute approximate surface area is 107 Å². The Balaban J connectivity index is 2.03. The largest absolute Gasteiger partial charge is 0.435 e. The number of nitrogens with zero attached hydrogens (tertiary/aromatic N) is 1. The van der Waals surface area contributed by atoms with Crippen LogP contribution in [-0.2, 0) is 0 Å². The van der Waals surface area contributed by atoms with Gasteiger partial charge in [0, 0.05) is 17.3 Å². The van der Waals surface area contributed by atoms with Crippen LogP contribution in [0.25, 0.3) is 0 Å². The maximum absolute atomic E-state index is 12.0. The van der Waals surface area contributed by atoms with Crippen molar-refractivity contribution in [3.05, 3.63) is 41.6 Å². The third-order valence-corrected chi connectivity index (χ3v) is 2.29. The zero-order valence-corrected chi connectivity index (χ0v) is 9.98. The second-order valence-electron chi connectivity index (χ2n) is 3.79. The number of hydrogen-bond acceptors (Lipinski definition) is 3. The highest BCUT2D eigenvalue weighted by atomic mass is 19.3. The molecule has 0 saturated carbocycles. The standard InChI is InChI=1S/C12H11F2N3O2/c1-7-6-10(17-16-7)15-11(18)8-2-4-9(5-3-8)19-12(13)14/h2-6,12H,1H3,(H2,15,16,17,18). The van der Waals surface area contributed by atoms with Gasteiger partial charge in [0.05, 0.1) is 0 Å². The molecule has 0 bridgehead atoms. The first-order valence-corrected chi connectivity index (χ1v) is 5.43. The monoisotopic (exact) mass is 267 g/mol. The Morgan fingerprint density at radius 3 is 2.58 bits per heavy atom. The molecule has 1 heterocycles. The summed E-state index contributed by atoms with van der Waals surface area (Å²) in [6.07, 6.45) is 0. The van der Waals surface area contributed by atoms with Gasteiger partial charge in [-0.2, -0.15) is 13.9 Å². The van der Waals surface area contributed by atoms with E-state index < -0.39 is 6.61 Å². The summed E-state index contributed by atoms with van der Waals surface area (Å²) in [5, 5.41) is 9.11. The molecule has 2 aromatic rings. The number of alkyl halides is 2. The van der Waals surface area contributed by atoms with Crippen molar-refractivity contribution in [1.29, 1.82) is 0 Å². The van der Waals surface area contributed by atoms with Crippen molar-refractivity contribution in [2.24, 2.45) is 0 Å². The lowest BCUT2D eigenvalue weighted by Gasteiger charge is -2.05. The van der Waals surface area contributed by atoms with E-state index in [9.17, 15) is 13.6 Å². The molecule has 1 aromatic carbocycles. The van der Waals surface area contributed by atoms with Crippen molar-refractivity contribution in [2.45, 2.75) is 13.5 Å². The molecule has 0 saturated heterocycles. The summed E-state index contributed by atoms with van der Waals surface area (Å²) >= 11 is 0. The van der Waals surface area contributed by atoms with Crippen LogP contribution in [0.2, 0.25) is 0 Å². The Hall–Kier alpha value is -2.44. The van der Waals surface area contributed by atoms with E-state index in [1.807, 2.05) is 0 Å². The minimum atomic E-state index is -2.88. The molecule has 2 rings (SSSR count). The highest BCUT2D eigenvalue weighted by Crippen LogP contribution is 2.15. The number of rotatable bonds is 4. The van der Waals surface area contributed by atoms with E-state index in [4.69, 9.17) is 0 Å². The number of H-pyrrole nitrogens is 1. The smallest absolute Gasteiger partial charge is 0.387 e. The minimum absolute atomic E-state index is 0.00200. The SMILES string of the molecule is Cc1cc(NC(=O)c2ccc(OC(F)F)cc2)n[nH]1. The quantitative estimate of drug-likeness (QED) is 0.894. The number of aromatic amines is 1. The van der Waals surface area contributed by atoms with Gasteiger partial charge in [0.1, 0.15) is 5.75 Å². The van der Waals surface area contributed by atoms with E-state index in [-0.39, 0.29) is 11.7 Å². The topological polar surface area (TPSA) is 67.0 Å². The number of nitrogens with one attached hydrogen (secondary N) is 2. The number of hydrogen-bond donors (Lipinski definition) is 2. The maximum atomic E-state index is 12.0. The first-order chi connectivity index (χ1) is 9.04. The molecule has 0 spiro atoms. The summed E-state index contributed by atoms with van der Waals surface area (Å²) in [6.45, 7) is -1.08. The fourth-order valence-electron chi connectivity index (χ4n) is 1.46. The number of halogens is 2. The predicted molar refractivity (Wildman–Crippen MR) is 64.4 cm³/mol. The van der Waals surface area contributed by atoms with Crippen LogP contribution in [0.1, 0.15) is 16.1 Å². The van der Waals surface area contributed by atoms with Crippen LogP contribution in [0, 0.1) is 6.92 Å². The van der Waals surface area contributed by atoms with Crippen LogP contribution in [0.5, 0.6) is 5.75 Å². The predicted octanol–water partition coefficient (Wildman–Crippen LogP) is 2.57. The van der Waals surface area contributed by atoms with Crippen molar-refractivity contribution in [2.75, 3.05) is 5.32 Å². The van der Waals surface area contributed by atoms with Gasteiger partial charge < -0.3 is 10.1 Å². The fourth-order valence-corrected chi connectivity index (χ4v) is 1.46. The number of carbonyl (C=O) groups excluding carboxylic acids is 1. The molecule has 1 aromatic heterocycles. The summed E-state index contributed by atoms with van der Waals surface area (Å²) in [6, 6.07) is 7.07. The second-order valence-corrected chi connectivity index (χ2v) is 3.79. The maximum Gasteiger partial charge on any atom is 0.387 e. The van der Waals surface area contributed by atoms with E-state index in [1.165, 1.54) is 24.3 Å². The minimum Gasteiger partial charge on any atom is -0.435 e. The summed E-state index contributed by atoms with van der Waals surface area (Å²) in [5.74, 6) is 0.0210. The highest BCUT2D eigenvalue weighted by molar-refractivity contribution is 6.03. The number of anilines is 1. The molecule has 0 atom stereocenters. The Morgan fingerprint density at radius 2 is 2.05 bits per heavy atom. The van der Waals surface area contributed by atoms with Crippen LogP contribution in [0.4, 0.5) is 14.6 Å². The van der Waals surface area contributed by atoms with Gasteiger partial charge in [-0.05, 0) is 31.2 Å². The Bertz CT molecular complexity index is 567. The lowest BCUT2D eigenvalue weighted by molar-refractivity contribution is -0.0498. The van der Waals surface area contributed by atoms with E-state index >= 15 is 0 Å². The highest BCUT2D eigenvalue weighted by Gasteiger charge is 2.09. The number of carbonyl (C=O) groups is 1. The van der Waals surface area contributed by atoms with Crippen molar-refractivity contribution < 1.29 is 18.3 Å². The zero-order valence-electron chi connectivity index (χ0n) is 9.98. The molecule has 0 unspecified atom stereocenters. The normalized spacial score (nSPS) is 10.5. The molecule has 100 valence electrons. The first kappa shape index (κ1) is 13.0. The molecule has 0 aliphatic heterocycles. The van der Waals surface area contributed by atoms with E-state index in [0.717, 1.165) is 5.69 Å². The van der Waals surface area contributed by atoms with Crippen LogP contribution >= 0.6 is 0 Å². The molecule has 0 radical (unpaired) electrons. The molecule has 19 heavy (non-hydrogen) atoms. The first-order valence-electron chi connectivity index (χ1n) is 5.43. The average molecular weight is 267 g/mol. The average Bonchev–Trinajstić information content (AvgIpc) is 2.75. The second kappa shape index (κ2) is 5.47. The summed E-state index contributed by atoms with van der Waals surface area (Å²) in [7, 11) is 0. The molecule has 5 nitrogen and oxygen atoms in total. The molecule has 2 N–H and O–H groups in total. The number of benzene rings is 1. The van der Waals surface area contributed by atoms with Crippen molar-refractivity contribution in [1.82, 2.24) is 10.2 Å². The number of aryl methyl sites for hydroxylation is 1. The van der Waals surface area contributed by atoms with Crippen molar-refractivity contribution in [3.8, 4) is 5.75 Å². The van der Waals surface area contributed by atoms with Crippen LogP contribution in [-0.4, -0.2) is 22.7 Å². The van der Waals surface area contributed by atoms with Gasteiger partial charge in [-0.1, -0.05) is 0 Å². The van der Waals surface area contributed by atoms with E-state index in [0.29, 0.717) is 11.4 Å². The summed E-state index contributed by atoms with van der Waals surface area (Å²) in [5.41, 5.74) is 1.14. The van der Waals surface area contributed by atoms with Gasteiger partial charge in [-0.25, -0.2) is 0 Å². The van der Waals surface area contributed by atoms with Crippen LogP contribution in [0.3, 0.4) is 0 Å². The number of ether oxygens (including phenoxy) is 1. The van der Waals surface area contributed by atoms with Gasteiger partial charge in [-0.3, -0.25) is 9.89 Å². The molecule has 0 fully saturated rings. The molecular formula is C12H11F2N3O2. The van der Waals surface area contributed by atoms with Gasteiger partial charge in [0.25, 0.3) is 5.91 Å². The Kier molecular flexibility index (Phi) is 3.74. The van der Waals surface area contributed by atoms with Crippen molar-refractivity contribution >= 4 is 11.7 Å². The third kappa shape index (κ3) is 3.51. The third-order valence-electron chi connectivity index (χ3n) is 2.29. The number of aromatic nitrogens is 2.